The van der Waals surface area contributed by atoms with Crippen LogP contribution in [0.1, 0.15) is 38.5 Å². The lowest BCUT2D eigenvalue weighted by molar-refractivity contribution is 0.513. The molecule has 1 fully saturated rings. The monoisotopic (exact) mass is 327 g/mol. The Morgan fingerprint density at radius 2 is 2.14 bits per heavy atom. The van der Waals surface area contributed by atoms with Crippen molar-refractivity contribution < 1.29 is 12.8 Å². The number of nitrogens with one attached hydrogen (secondary N) is 1. The summed E-state index contributed by atoms with van der Waals surface area (Å²) in [5, 5.41) is 9.55. The van der Waals surface area contributed by atoms with Crippen LogP contribution in [0.5, 0.6) is 0 Å². The van der Waals surface area contributed by atoms with Crippen LogP contribution in [0.25, 0.3) is 11.5 Å². The number of thiophene rings is 1. The van der Waals surface area contributed by atoms with Crippen molar-refractivity contribution in [2.45, 2.75) is 49.3 Å². The van der Waals surface area contributed by atoms with E-state index in [-0.39, 0.29) is 6.04 Å². The van der Waals surface area contributed by atoms with Gasteiger partial charge in [0, 0.05) is 17.8 Å². The Morgan fingerprint density at radius 3 is 2.81 bits per heavy atom. The maximum atomic E-state index is 12.3. The van der Waals surface area contributed by atoms with Crippen LogP contribution >= 0.6 is 11.3 Å². The van der Waals surface area contributed by atoms with Crippen LogP contribution in [0.3, 0.4) is 0 Å². The first-order valence-electron chi connectivity index (χ1n) is 7.02. The van der Waals surface area contributed by atoms with Gasteiger partial charge in [0.15, 0.2) is 0 Å². The molecule has 1 aliphatic carbocycles. The van der Waals surface area contributed by atoms with Crippen LogP contribution in [-0.2, 0) is 16.4 Å². The van der Waals surface area contributed by atoms with E-state index in [1.165, 1.54) is 11.3 Å². The summed E-state index contributed by atoms with van der Waals surface area (Å²) in [6.45, 7) is 1.92. The maximum Gasteiger partial charge on any atom is 0.250 e. The van der Waals surface area contributed by atoms with Crippen molar-refractivity contribution in [1.82, 2.24) is 14.9 Å². The minimum Gasteiger partial charge on any atom is -0.421 e. The first-order valence-corrected chi connectivity index (χ1v) is 9.38. The molecule has 0 amide bonds. The number of hydrogen-bond donors (Lipinski definition) is 1. The Bertz CT molecular complexity index is 715. The lowest BCUT2D eigenvalue weighted by Gasteiger charge is -2.10. The Morgan fingerprint density at radius 1 is 1.38 bits per heavy atom. The summed E-state index contributed by atoms with van der Waals surface area (Å²) in [6, 6.07) is 1.66. The topological polar surface area (TPSA) is 85.1 Å². The predicted octanol–water partition coefficient (Wildman–Crippen LogP) is 2.58. The highest BCUT2D eigenvalue weighted by Gasteiger charge is 2.25. The van der Waals surface area contributed by atoms with E-state index in [2.05, 4.69) is 14.9 Å². The van der Waals surface area contributed by atoms with Crippen LogP contribution < -0.4 is 4.72 Å². The highest BCUT2D eigenvalue weighted by Crippen LogP contribution is 2.29. The molecule has 0 atom stereocenters. The molecule has 3 rings (SSSR count). The molecular weight excluding hydrogens is 310 g/mol. The van der Waals surface area contributed by atoms with Gasteiger partial charge in [0.25, 0.3) is 0 Å². The third-order valence-corrected chi connectivity index (χ3v) is 6.49. The van der Waals surface area contributed by atoms with Gasteiger partial charge >= 0.3 is 0 Å². The molecule has 0 aliphatic heterocycles. The molecule has 0 unspecified atom stereocenters. The molecule has 1 saturated carbocycles. The predicted molar refractivity (Wildman–Crippen MR) is 79.6 cm³/mol. The van der Waals surface area contributed by atoms with Gasteiger partial charge < -0.3 is 4.42 Å². The summed E-state index contributed by atoms with van der Waals surface area (Å²) < 4.78 is 33.2. The smallest absolute Gasteiger partial charge is 0.250 e. The number of aromatic nitrogens is 2. The molecule has 0 bridgehead atoms. The Labute approximate surface area is 127 Å². The van der Waals surface area contributed by atoms with E-state index >= 15 is 0 Å². The van der Waals surface area contributed by atoms with Crippen molar-refractivity contribution >= 4 is 21.4 Å². The molecule has 0 aromatic carbocycles. The molecule has 21 heavy (non-hydrogen) atoms. The fraction of sp³-hybridized carbons (Fsp3) is 0.538. The molecule has 2 aromatic rings. The SMILES string of the molecule is CCc1nnc(-c2csc(S(=O)(=O)NC3CCCC3)c2)o1. The van der Waals surface area contributed by atoms with Crippen molar-refractivity contribution in [2.24, 2.45) is 0 Å². The standard InChI is InChI=1S/C13H17N3O3S2/c1-2-11-14-15-13(19-11)9-7-12(20-8-9)21(17,18)16-10-5-3-4-6-10/h7-8,10,16H,2-6H2,1H3. The summed E-state index contributed by atoms with van der Waals surface area (Å²) in [5.41, 5.74) is 0.652. The van der Waals surface area contributed by atoms with E-state index in [4.69, 9.17) is 4.42 Å². The normalized spacial score (nSPS) is 16.6. The molecule has 1 N–H and O–H groups in total. The van der Waals surface area contributed by atoms with Crippen LogP contribution in [-0.4, -0.2) is 24.7 Å². The fourth-order valence-corrected chi connectivity index (χ4v) is 4.88. The van der Waals surface area contributed by atoms with Crippen LogP contribution in [0.4, 0.5) is 0 Å². The number of aryl methyl sites for hydroxylation is 1. The molecular formula is C13H17N3O3S2. The minimum atomic E-state index is -3.45. The van der Waals surface area contributed by atoms with E-state index < -0.39 is 10.0 Å². The van der Waals surface area contributed by atoms with E-state index in [0.29, 0.717) is 28.0 Å². The summed E-state index contributed by atoms with van der Waals surface area (Å²) in [5.74, 6) is 0.912. The summed E-state index contributed by atoms with van der Waals surface area (Å²) >= 11 is 1.17. The van der Waals surface area contributed by atoms with Gasteiger partial charge in [-0.25, -0.2) is 13.1 Å². The second kappa shape index (κ2) is 5.86. The number of nitrogens with zero attached hydrogens (tertiary/aromatic N) is 2. The lowest BCUT2D eigenvalue weighted by Crippen LogP contribution is -2.32. The number of sulfonamides is 1. The summed E-state index contributed by atoms with van der Waals surface area (Å²) in [4.78, 5) is 0. The van der Waals surface area contributed by atoms with E-state index in [0.717, 1.165) is 25.7 Å². The van der Waals surface area contributed by atoms with Crippen LogP contribution in [0.15, 0.2) is 20.1 Å². The Kier molecular flexibility index (Phi) is 4.10. The quantitative estimate of drug-likeness (QED) is 0.912. The van der Waals surface area contributed by atoms with E-state index in [1.54, 1.807) is 11.4 Å². The molecule has 0 spiro atoms. The molecule has 114 valence electrons. The molecule has 8 heteroatoms. The molecule has 2 aromatic heterocycles. The van der Waals surface area contributed by atoms with Crippen molar-refractivity contribution in [3.63, 3.8) is 0 Å². The van der Waals surface area contributed by atoms with Crippen LogP contribution in [0, 0.1) is 0 Å². The maximum absolute atomic E-state index is 12.3. The molecule has 2 heterocycles. The zero-order valence-corrected chi connectivity index (χ0v) is 13.3. The van der Waals surface area contributed by atoms with Gasteiger partial charge in [0.05, 0.1) is 5.56 Å². The largest absolute Gasteiger partial charge is 0.421 e. The van der Waals surface area contributed by atoms with Crippen molar-refractivity contribution in [2.75, 3.05) is 0 Å². The zero-order chi connectivity index (χ0) is 14.9. The molecule has 6 nitrogen and oxygen atoms in total. The first-order chi connectivity index (χ1) is 10.1. The third-order valence-electron chi connectivity index (χ3n) is 3.53. The van der Waals surface area contributed by atoms with Crippen molar-refractivity contribution in [3.8, 4) is 11.5 Å². The Hall–Kier alpha value is -1.25. The van der Waals surface area contributed by atoms with E-state index in [1.807, 2.05) is 6.92 Å². The average Bonchev–Trinajstić information content (AvgIpc) is 3.19. The number of rotatable bonds is 5. The van der Waals surface area contributed by atoms with Crippen LogP contribution in [0.2, 0.25) is 0 Å². The third kappa shape index (κ3) is 3.17. The number of hydrogen-bond acceptors (Lipinski definition) is 6. The van der Waals surface area contributed by atoms with Crippen molar-refractivity contribution in [3.05, 3.63) is 17.3 Å². The van der Waals surface area contributed by atoms with Gasteiger partial charge in [0.1, 0.15) is 4.21 Å². The average molecular weight is 327 g/mol. The molecule has 0 radical (unpaired) electrons. The van der Waals surface area contributed by atoms with Gasteiger partial charge in [-0.2, -0.15) is 0 Å². The second-order valence-corrected chi connectivity index (χ2v) is 7.96. The van der Waals surface area contributed by atoms with Crippen molar-refractivity contribution in [1.29, 1.82) is 0 Å². The van der Waals surface area contributed by atoms with Gasteiger partial charge in [-0.15, -0.1) is 21.5 Å². The Balaban J connectivity index is 1.80. The molecule has 0 saturated heterocycles. The zero-order valence-electron chi connectivity index (χ0n) is 11.7. The van der Waals surface area contributed by atoms with Gasteiger partial charge in [0.2, 0.25) is 21.8 Å². The highest BCUT2D eigenvalue weighted by molar-refractivity contribution is 7.91. The second-order valence-electron chi connectivity index (χ2n) is 5.11. The summed E-state index contributed by atoms with van der Waals surface area (Å²) in [7, 11) is -3.45. The summed E-state index contributed by atoms with van der Waals surface area (Å²) in [6.07, 6.45) is 4.67. The van der Waals surface area contributed by atoms with Gasteiger partial charge in [-0.05, 0) is 18.9 Å². The van der Waals surface area contributed by atoms with Gasteiger partial charge in [-0.1, -0.05) is 19.8 Å². The first kappa shape index (κ1) is 14.7. The highest BCUT2D eigenvalue weighted by atomic mass is 32.2. The molecule has 1 aliphatic rings. The fourth-order valence-electron chi connectivity index (χ4n) is 2.40. The van der Waals surface area contributed by atoms with Gasteiger partial charge in [-0.3, -0.25) is 0 Å². The lowest BCUT2D eigenvalue weighted by atomic mass is 10.3. The van der Waals surface area contributed by atoms with E-state index in [9.17, 15) is 8.42 Å². The minimum absolute atomic E-state index is 0.0654.